The average Bonchev–Trinajstić information content (AvgIpc) is 2.11. The number of nitrogens with two attached hydrogens (primary N) is 1. The topological polar surface area (TPSA) is 38.0 Å². The summed E-state index contributed by atoms with van der Waals surface area (Å²) >= 11 is 0. The maximum atomic E-state index is 5.97. The minimum atomic E-state index is 0.867. The molecule has 1 saturated carbocycles. The van der Waals surface area contributed by atoms with Gasteiger partial charge in [-0.3, -0.25) is 0 Å². The second-order valence-electron chi connectivity index (χ2n) is 4.70. The molecule has 0 radical (unpaired) electrons. The Labute approximate surface area is 91.9 Å². The molecule has 1 aromatic rings. The number of nitrogen functional groups attached to an aromatic ring is 1. The first-order valence-corrected chi connectivity index (χ1v) is 5.77. The molecule has 0 atom stereocenters. The van der Waals surface area contributed by atoms with Crippen LogP contribution < -0.4 is 11.1 Å². The fourth-order valence-electron chi connectivity index (χ4n) is 1.94. The molecule has 0 heterocycles. The molecule has 0 spiro atoms. The van der Waals surface area contributed by atoms with Crippen LogP contribution in [-0.2, 0) is 0 Å². The molecular formula is C13H20N2. The molecular weight excluding hydrogens is 184 g/mol. The van der Waals surface area contributed by atoms with Gasteiger partial charge in [0.2, 0.25) is 0 Å². The van der Waals surface area contributed by atoms with Crippen molar-refractivity contribution in [3.05, 3.63) is 23.3 Å². The van der Waals surface area contributed by atoms with Gasteiger partial charge in [0, 0.05) is 6.54 Å². The lowest BCUT2D eigenvalue weighted by molar-refractivity contribution is 0.333. The summed E-state index contributed by atoms with van der Waals surface area (Å²) in [5, 5.41) is 3.46. The number of benzene rings is 1. The summed E-state index contributed by atoms with van der Waals surface area (Å²) in [6.07, 6.45) is 4.14. The predicted molar refractivity (Wildman–Crippen MR) is 66.2 cm³/mol. The number of aryl methyl sites for hydroxylation is 2. The monoisotopic (exact) mass is 204 g/mol. The van der Waals surface area contributed by atoms with Crippen LogP contribution >= 0.6 is 0 Å². The van der Waals surface area contributed by atoms with E-state index < -0.39 is 0 Å². The molecule has 82 valence electrons. The minimum absolute atomic E-state index is 0.867. The van der Waals surface area contributed by atoms with Crippen LogP contribution in [0.1, 0.15) is 30.4 Å². The average molecular weight is 204 g/mol. The summed E-state index contributed by atoms with van der Waals surface area (Å²) in [7, 11) is 0. The van der Waals surface area contributed by atoms with Crippen molar-refractivity contribution < 1.29 is 0 Å². The number of anilines is 2. The molecule has 0 bridgehead atoms. The second-order valence-corrected chi connectivity index (χ2v) is 4.70. The summed E-state index contributed by atoms with van der Waals surface area (Å²) in [6.45, 7) is 5.30. The fourth-order valence-corrected chi connectivity index (χ4v) is 1.94. The molecule has 1 aliphatic rings. The van der Waals surface area contributed by atoms with Crippen molar-refractivity contribution in [2.75, 3.05) is 17.6 Å². The van der Waals surface area contributed by atoms with Crippen LogP contribution in [-0.4, -0.2) is 6.54 Å². The van der Waals surface area contributed by atoms with Crippen molar-refractivity contribution in [1.29, 1.82) is 0 Å². The normalized spacial score (nSPS) is 16.1. The summed E-state index contributed by atoms with van der Waals surface area (Å²) in [5.41, 5.74) is 10.5. The van der Waals surface area contributed by atoms with Crippen LogP contribution in [0.25, 0.3) is 0 Å². The third-order valence-electron chi connectivity index (χ3n) is 3.47. The zero-order valence-corrected chi connectivity index (χ0v) is 9.64. The fraction of sp³-hybridized carbons (Fsp3) is 0.538. The molecule has 1 aliphatic carbocycles. The lowest BCUT2D eigenvalue weighted by atomic mass is 9.85. The molecule has 1 fully saturated rings. The minimum Gasteiger partial charge on any atom is -0.397 e. The summed E-state index contributed by atoms with van der Waals surface area (Å²) in [6, 6.07) is 4.21. The van der Waals surface area contributed by atoms with E-state index >= 15 is 0 Å². The van der Waals surface area contributed by atoms with E-state index in [0.29, 0.717) is 0 Å². The Bertz CT molecular complexity index is 354. The van der Waals surface area contributed by atoms with Crippen molar-refractivity contribution >= 4 is 11.4 Å². The molecule has 0 saturated heterocycles. The second kappa shape index (κ2) is 4.13. The Morgan fingerprint density at radius 1 is 1.27 bits per heavy atom. The van der Waals surface area contributed by atoms with Gasteiger partial charge in [0.05, 0.1) is 11.4 Å². The van der Waals surface area contributed by atoms with E-state index in [1.165, 1.54) is 30.4 Å². The van der Waals surface area contributed by atoms with Gasteiger partial charge in [0.1, 0.15) is 0 Å². The maximum absolute atomic E-state index is 5.97. The predicted octanol–water partition coefficient (Wildman–Crippen LogP) is 3.10. The summed E-state index contributed by atoms with van der Waals surface area (Å²) in [4.78, 5) is 0. The third-order valence-corrected chi connectivity index (χ3v) is 3.47. The molecule has 0 aromatic heterocycles. The molecule has 0 amide bonds. The highest BCUT2D eigenvalue weighted by atomic mass is 14.9. The molecule has 2 heteroatoms. The van der Waals surface area contributed by atoms with E-state index in [1.807, 2.05) is 0 Å². The summed E-state index contributed by atoms with van der Waals surface area (Å²) in [5.74, 6) is 0.867. The lowest BCUT2D eigenvalue weighted by Crippen LogP contribution is -2.21. The Hall–Kier alpha value is -1.18. The van der Waals surface area contributed by atoms with Crippen molar-refractivity contribution in [2.45, 2.75) is 33.1 Å². The van der Waals surface area contributed by atoms with Gasteiger partial charge in [-0.1, -0.05) is 6.42 Å². The van der Waals surface area contributed by atoms with Crippen LogP contribution in [0, 0.1) is 19.8 Å². The summed E-state index contributed by atoms with van der Waals surface area (Å²) < 4.78 is 0. The van der Waals surface area contributed by atoms with Gasteiger partial charge in [-0.05, 0) is 55.9 Å². The maximum Gasteiger partial charge on any atom is 0.0576 e. The molecule has 1 aromatic carbocycles. The Morgan fingerprint density at radius 3 is 2.53 bits per heavy atom. The van der Waals surface area contributed by atoms with Crippen molar-refractivity contribution in [3.8, 4) is 0 Å². The van der Waals surface area contributed by atoms with Crippen LogP contribution in [0.3, 0.4) is 0 Å². The SMILES string of the molecule is Cc1cc(N)c(NCC2CCC2)cc1C. The highest BCUT2D eigenvalue weighted by Crippen LogP contribution is 2.28. The zero-order valence-electron chi connectivity index (χ0n) is 9.64. The highest BCUT2D eigenvalue weighted by molar-refractivity contribution is 5.68. The van der Waals surface area contributed by atoms with Crippen molar-refractivity contribution in [1.82, 2.24) is 0 Å². The van der Waals surface area contributed by atoms with Crippen LogP contribution in [0.2, 0.25) is 0 Å². The van der Waals surface area contributed by atoms with Gasteiger partial charge in [0.15, 0.2) is 0 Å². The van der Waals surface area contributed by atoms with Gasteiger partial charge in [0.25, 0.3) is 0 Å². The molecule has 2 rings (SSSR count). The van der Waals surface area contributed by atoms with E-state index in [9.17, 15) is 0 Å². The Kier molecular flexibility index (Phi) is 2.85. The van der Waals surface area contributed by atoms with E-state index in [2.05, 4.69) is 31.3 Å². The highest BCUT2D eigenvalue weighted by Gasteiger charge is 2.17. The van der Waals surface area contributed by atoms with Crippen molar-refractivity contribution in [3.63, 3.8) is 0 Å². The smallest absolute Gasteiger partial charge is 0.0576 e. The van der Waals surface area contributed by atoms with Crippen molar-refractivity contribution in [2.24, 2.45) is 5.92 Å². The Balaban J connectivity index is 2.03. The standard InChI is InChI=1S/C13H20N2/c1-9-6-12(14)13(7-10(9)2)15-8-11-4-3-5-11/h6-7,11,15H,3-5,8,14H2,1-2H3. The number of hydrogen-bond donors (Lipinski definition) is 2. The van der Waals surface area contributed by atoms with Crippen LogP contribution in [0.15, 0.2) is 12.1 Å². The van der Waals surface area contributed by atoms with Gasteiger partial charge < -0.3 is 11.1 Å². The van der Waals surface area contributed by atoms with E-state index in [4.69, 9.17) is 5.73 Å². The first-order valence-electron chi connectivity index (χ1n) is 5.77. The molecule has 0 aliphatic heterocycles. The number of rotatable bonds is 3. The van der Waals surface area contributed by atoms with Gasteiger partial charge in [-0.2, -0.15) is 0 Å². The van der Waals surface area contributed by atoms with E-state index in [0.717, 1.165) is 23.8 Å². The first-order chi connectivity index (χ1) is 7.16. The first kappa shape index (κ1) is 10.3. The molecule has 3 N–H and O–H groups in total. The molecule has 15 heavy (non-hydrogen) atoms. The van der Waals surface area contributed by atoms with Gasteiger partial charge in [-0.15, -0.1) is 0 Å². The number of hydrogen-bond acceptors (Lipinski definition) is 2. The van der Waals surface area contributed by atoms with Crippen LogP contribution in [0.5, 0.6) is 0 Å². The van der Waals surface area contributed by atoms with E-state index in [1.54, 1.807) is 0 Å². The largest absolute Gasteiger partial charge is 0.397 e. The molecule has 0 unspecified atom stereocenters. The van der Waals surface area contributed by atoms with Crippen LogP contribution in [0.4, 0.5) is 11.4 Å². The quantitative estimate of drug-likeness (QED) is 0.742. The lowest BCUT2D eigenvalue weighted by Gasteiger charge is -2.26. The third kappa shape index (κ3) is 2.25. The molecule has 2 nitrogen and oxygen atoms in total. The van der Waals surface area contributed by atoms with E-state index in [-0.39, 0.29) is 0 Å². The van der Waals surface area contributed by atoms with Gasteiger partial charge in [-0.25, -0.2) is 0 Å². The zero-order chi connectivity index (χ0) is 10.8. The van der Waals surface area contributed by atoms with Gasteiger partial charge >= 0.3 is 0 Å². The Morgan fingerprint density at radius 2 is 1.93 bits per heavy atom. The number of nitrogens with one attached hydrogen (secondary N) is 1.